The van der Waals surface area contributed by atoms with Crippen molar-refractivity contribution in [2.45, 2.75) is 52.5 Å². The van der Waals surface area contributed by atoms with Gasteiger partial charge in [-0.15, -0.1) is 0 Å². The van der Waals surface area contributed by atoms with Crippen LogP contribution in [0.3, 0.4) is 0 Å². The lowest BCUT2D eigenvalue weighted by Crippen LogP contribution is -2.45. The first-order valence-corrected chi connectivity index (χ1v) is 9.45. The Morgan fingerprint density at radius 3 is 3.04 bits per heavy atom. The molecule has 0 spiro atoms. The zero-order valence-corrected chi connectivity index (χ0v) is 15.7. The number of piperidine rings is 1. The summed E-state index contributed by atoms with van der Waals surface area (Å²) < 4.78 is 5.25. The molecule has 0 aromatic carbocycles. The lowest BCUT2D eigenvalue weighted by atomic mass is 9.96. The fourth-order valence-corrected chi connectivity index (χ4v) is 3.18. The molecule has 140 valence electrons. The normalized spacial score (nSPS) is 18.6. The fourth-order valence-electron chi connectivity index (χ4n) is 3.18. The zero-order valence-electron chi connectivity index (χ0n) is 15.7. The van der Waals surface area contributed by atoms with Gasteiger partial charge in [0.1, 0.15) is 5.82 Å². The van der Waals surface area contributed by atoms with Crippen molar-refractivity contribution in [1.82, 2.24) is 20.4 Å². The van der Waals surface area contributed by atoms with Gasteiger partial charge in [0.2, 0.25) is 17.6 Å². The molecule has 1 N–H and O–H groups in total. The van der Waals surface area contributed by atoms with Crippen LogP contribution in [0.4, 0.5) is 5.82 Å². The van der Waals surface area contributed by atoms with E-state index < -0.39 is 0 Å². The summed E-state index contributed by atoms with van der Waals surface area (Å²) in [5, 5.41) is 7.19. The lowest BCUT2D eigenvalue weighted by Gasteiger charge is -2.34. The second-order valence-corrected chi connectivity index (χ2v) is 6.84. The van der Waals surface area contributed by atoms with Gasteiger partial charge in [0.25, 0.3) is 0 Å². The van der Waals surface area contributed by atoms with Crippen LogP contribution in [0.5, 0.6) is 0 Å². The topological polar surface area (TPSA) is 84.2 Å². The molecule has 0 saturated carbocycles. The van der Waals surface area contributed by atoms with Crippen LogP contribution < -0.4 is 10.2 Å². The van der Waals surface area contributed by atoms with Crippen LogP contribution in [0.25, 0.3) is 11.4 Å². The minimum absolute atomic E-state index is 0.0240. The van der Waals surface area contributed by atoms with Gasteiger partial charge >= 0.3 is 0 Å². The zero-order chi connectivity index (χ0) is 18.5. The molecule has 2 aromatic heterocycles. The molecule has 7 nitrogen and oxygen atoms in total. The van der Waals surface area contributed by atoms with Gasteiger partial charge in [-0.25, -0.2) is 4.98 Å². The van der Waals surface area contributed by atoms with Gasteiger partial charge in [-0.05, 0) is 38.3 Å². The summed E-state index contributed by atoms with van der Waals surface area (Å²) in [7, 11) is 0. The maximum Gasteiger partial charge on any atom is 0.226 e. The van der Waals surface area contributed by atoms with E-state index in [0.29, 0.717) is 24.7 Å². The van der Waals surface area contributed by atoms with E-state index in [0.717, 1.165) is 37.2 Å². The molecule has 2 atom stereocenters. The highest BCUT2D eigenvalue weighted by Crippen LogP contribution is 2.30. The molecule has 0 unspecified atom stereocenters. The molecule has 26 heavy (non-hydrogen) atoms. The predicted octanol–water partition coefficient (Wildman–Crippen LogP) is 2.83. The molecule has 1 aliphatic heterocycles. The number of rotatable bonds is 6. The van der Waals surface area contributed by atoms with Gasteiger partial charge in [-0.3, -0.25) is 4.79 Å². The Morgan fingerprint density at radius 1 is 1.46 bits per heavy atom. The van der Waals surface area contributed by atoms with Crippen molar-refractivity contribution in [1.29, 1.82) is 0 Å². The van der Waals surface area contributed by atoms with Crippen LogP contribution in [0, 0.1) is 5.92 Å². The van der Waals surface area contributed by atoms with Gasteiger partial charge in [0.05, 0.1) is 11.5 Å². The van der Waals surface area contributed by atoms with Crippen LogP contribution >= 0.6 is 0 Å². The van der Waals surface area contributed by atoms with Crippen molar-refractivity contribution >= 4 is 11.7 Å². The Hall–Kier alpha value is -2.44. The summed E-state index contributed by atoms with van der Waals surface area (Å²) in [5.74, 6) is 2.09. The van der Waals surface area contributed by atoms with Gasteiger partial charge < -0.3 is 14.7 Å². The Kier molecular flexibility index (Phi) is 5.85. The molecule has 1 aliphatic rings. The molecule has 1 amide bonds. The number of nitrogens with one attached hydrogen (secondary N) is 1. The lowest BCUT2D eigenvalue weighted by molar-refractivity contribution is -0.125. The molecule has 0 aliphatic carbocycles. The minimum atomic E-state index is -0.0240. The first-order valence-electron chi connectivity index (χ1n) is 9.45. The van der Waals surface area contributed by atoms with Gasteiger partial charge in [0.15, 0.2) is 0 Å². The van der Waals surface area contributed by atoms with Gasteiger partial charge in [-0.2, -0.15) is 4.98 Å². The predicted molar refractivity (Wildman–Crippen MR) is 99.7 cm³/mol. The first-order chi connectivity index (χ1) is 12.6. The smallest absolute Gasteiger partial charge is 0.226 e. The molecule has 3 heterocycles. The molecule has 1 saturated heterocycles. The number of aryl methyl sites for hydroxylation is 1. The van der Waals surface area contributed by atoms with Crippen molar-refractivity contribution in [3.05, 3.63) is 24.2 Å². The number of amides is 1. The average Bonchev–Trinajstić information content (AvgIpc) is 3.17. The van der Waals surface area contributed by atoms with Crippen LogP contribution in [0.2, 0.25) is 0 Å². The monoisotopic (exact) mass is 357 g/mol. The summed E-state index contributed by atoms with van der Waals surface area (Å²) in [5.41, 5.74) is 0.846. The van der Waals surface area contributed by atoms with Crippen molar-refractivity contribution in [3.8, 4) is 11.4 Å². The second kappa shape index (κ2) is 8.29. The number of nitrogens with zero attached hydrogens (tertiary/aromatic N) is 4. The van der Waals surface area contributed by atoms with E-state index >= 15 is 0 Å². The number of anilines is 1. The largest absolute Gasteiger partial charge is 0.355 e. The molecular weight excluding hydrogens is 330 g/mol. The standard InChI is InChI=1S/C19H27N5O2/c1-4-13(3)21-19(25)14-8-7-11-24(12-14)18-15(9-6-10-20-18)17-22-16(5-2)26-23-17/h6,9-10,13-14H,4-5,7-8,11-12H2,1-3H3,(H,21,25)/t13-,14-/m0/s1. The van der Waals surface area contributed by atoms with E-state index in [1.807, 2.05) is 26.0 Å². The molecule has 0 radical (unpaired) electrons. The van der Waals surface area contributed by atoms with E-state index in [2.05, 4.69) is 32.3 Å². The van der Waals surface area contributed by atoms with E-state index in [4.69, 9.17) is 4.52 Å². The third-order valence-electron chi connectivity index (χ3n) is 4.89. The highest BCUT2D eigenvalue weighted by molar-refractivity contribution is 5.80. The van der Waals surface area contributed by atoms with Crippen molar-refractivity contribution in [2.75, 3.05) is 18.0 Å². The van der Waals surface area contributed by atoms with Gasteiger partial charge in [-0.1, -0.05) is 19.0 Å². The quantitative estimate of drug-likeness (QED) is 0.856. The van der Waals surface area contributed by atoms with Crippen LogP contribution in [0.15, 0.2) is 22.9 Å². The Morgan fingerprint density at radius 2 is 2.31 bits per heavy atom. The summed E-state index contributed by atoms with van der Waals surface area (Å²) in [4.78, 5) is 23.7. The third kappa shape index (κ3) is 4.03. The average molecular weight is 357 g/mol. The number of carbonyl (C=O) groups is 1. The molecule has 7 heteroatoms. The summed E-state index contributed by atoms with van der Waals surface area (Å²) in [6, 6.07) is 4.03. The van der Waals surface area contributed by atoms with E-state index in [1.54, 1.807) is 6.20 Å². The van der Waals surface area contributed by atoms with Crippen LogP contribution in [-0.2, 0) is 11.2 Å². The number of carbonyl (C=O) groups excluding carboxylic acids is 1. The summed E-state index contributed by atoms with van der Waals surface area (Å²) in [6.07, 6.45) is 5.26. The maximum atomic E-state index is 12.5. The van der Waals surface area contributed by atoms with Crippen molar-refractivity contribution in [3.63, 3.8) is 0 Å². The van der Waals surface area contributed by atoms with Gasteiger partial charge in [0, 0.05) is 31.7 Å². The highest BCUT2D eigenvalue weighted by Gasteiger charge is 2.29. The minimum Gasteiger partial charge on any atom is -0.355 e. The van der Waals surface area contributed by atoms with E-state index in [9.17, 15) is 4.79 Å². The Labute approximate surface area is 154 Å². The number of hydrogen-bond acceptors (Lipinski definition) is 6. The SMILES string of the molecule is CCc1nc(-c2cccnc2N2CCC[C@H](C(=O)N[C@@H](C)CC)C2)no1. The van der Waals surface area contributed by atoms with Crippen LogP contribution in [0.1, 0.15) is 45.9 Å². The summed E-state index contributed by atoms with van der Waals surface area (Å²) in [6.45, 7) is 7.62. The fraction of sp³-hybridized carbons (Fsp3) is 0.579. The molecule has 1 fully saturated rings. The van der Waals surface area contributed by atoms with E-state index in [-0.39, 0.29) is 17.9 Å². The molecule has 0 bridgehead atoms. The van der Waals surface area contributed by atoms with Crippen molar-refractivity contribution in [2.24, 2.45) is 5.92 Å². The second-order valence-electron chi connectivity index (χ2n) is 6.84. The number of pyridine rings is 1. The highest BCUT2D eigenvalue weighted by atomic mass is 16.5. The number of aromatic nitrogens is 3. The first kappa shape index (κ1) is 18.4. The summed E-state index contributed by atoms with van der Waals surface area (Å²) >= 11 is 0. The maximum absolute atomic E-state index is 12.5. The molecule has 3 rings (SSSR count). The molecule has 2 aromatic rings. The van der Waals surface area contributed by atoms with E-state index in [1.165, 1.54) is 0 Å². The van der Waals surface area contributed by atoms with Crippen molar-refractivity contribution < 1.29 is 9.32 Å². The van der Waals surface area contributed by atoms with Crippen LogP contribution in [-0.4, -0.2) is 40.2 Å². The Balaban J connectivity index is 1.79. The Bertz CT molecular complexity index is 745. The number of hydrogen-bond donors (Lipinski definition) is 1. The molecular formula is C19H27N5O2. The third-order valence-corrected chi connectivity index (χ3v) is 4.89.